The number of hydrogen-bond acceptors (Lipinski definition) is 4. The minimum atomic E-state index is -0.296. The van der Waals surface area contributed by atoms with E-state index < -0.39 is 0 Å². The summed E-state index contributed by atoms with van der Waals surface area (Å²) in [6, 6.07) is 11.4. The third-order valence-corrected chi connectivity index (χ3v) is 4.35. The van der Waals surface area contributed by atoms with Gasteiger partial charge in [0.05, 0.1) is 11.4 Å². The van der Waals surface area contributed by atoms with Crippen molar-refractivity contribution in [2.75, 3.05) is 13.2 Å². The van der Waals surface area contributed by atoms with Crippen LogP contribution < -0.4 is 9.47 Å². The van der Waals surface area contributed by atoms with E-state index in [1.54, 1.807) is 12.1 Å². The molecule has 2 heterocycles. The second kappa shape index (κ2) is 6.69. The molecule has 2 aromatic carbocycles. The molecule has 0 saturated heterocycles. The molecule has 0 saturated carbocycles. The Morgan fingerprint density at radius 2 is 2.04 bits per heavy atom. The third kappa shape index (κ3) is 3.28. The van der Waals surface area contributed by atoms with E-state index in [0.717, 1.165) is 22.0 Å². The summed E-state index contributed by atoms with van der Waals surface area (Å²) in [5, 5.41) is 1.49. The number of H-pyrrole nitrogens is 1. The van der Waals surface area contributed by atoms with E-state index in [0.29, 0.717) is 29.7 Å². The lowest BCUT2D eigenvalue weighted by Gasteiger charge is -2.20. The first-order valence-corrected chi connectivity index (χ1v) is 8.37. The average molecular weight is 358 g/mol. The van der Waals surface area contributed by atoms with E-state index in [9.17, 15) is 4.79 Å². The van der Waals surface area contributed by atoms with Gasteiger partial charge in [0.1, 0.15) is 19.8 Å². The Kier molecular flexibility index (Phi) is 4.24. The summed E-state index contributed by atoms with van der Waals surface area (Å²) < 4.78 is 16.4. The molecule has 3 aromatic rings. The number of aromatic amines is 1. The van der Waals surface area contributed by atoms with E-state index in [4.69, 9.17) is 25.8 Å². The van der Waals surface area contributed by atoms with Gasteiger partial charge in [-0.15, -0.1) is 0 Å². The number of carbonyl (C=O) groups excluding carboxylic acids is 1. The van der Waals surface area contributed by atoms with Gasteiger partial charge in [-0.2, -0.15) is 0 Å². The number of benzene rings is 2. The first kappa shape index (κ1) is 15.8. The molecule has 128 valence electrons. The Morgan fingerprint density at radius 3 is 2.96 bits per heavy atom. The fourth-order valence-electron chi connectivity index (χ4n) is 2.90. The quantitative estimate of drug-likeness (QED) is 0.720. The van der Waals surface area contributed by atoms with Gasteiger partial charge in [0, 0.05) is 17.1 Å². The lowest BCUT2D eigenvalue weighted by molar-refractivity contribution is -0.144. The molecular formula is C19H16ClNO4. The molecule has 0 radical (unpaired) electrons. The molecule has 4 rings (SSSR count). The number of fused-ring (bicyclic) bond motifs is 2. The summed E-state index contributed by atoms with van der Waals surface area (Å²) >= 11 is 6.19. The lowest BCUT2D eigenvalue weighted by Crippen LogP contribution is -2.16. The van der Waals surface area contributed by atoms with Crippen LogP contribution >= 0.6 is 11.6 Å². The van der Waals surface area contributed by atoms with Crippen molar-refractivity contribution in [3.05, 3.63) is 58.7 Å². The second-order valence-electron chi connectivity index (χ2n) is 5.80. The Bertz CT molecular complexity index is 934. The number of halogens is 1. The zero-order valence-corrected chi connectivity index (χ0v) is 14.1. The number of aromatic nitrogens is 1. The summed E-state index contributed by atoms with van der Waals surface area (Å²) in [4.78, 5) is 15.3. The SMILES string of the molecule is O=C(Cc1c[nH]c2ccccc12)OCc1cc(Cl)c2c(c1)OCCO2. The highest BCUT2D eigenvalue weighted by Crippen LogP contribution is 2.38. The summed E-state index contributed by atoms with van der Waals surface area (Å²) in [5.74, 6) is 0.832. The topological polar surface area (TPSA) is 60.6 Å². The fourth-order valence-corrected chi connectivity index (χ4v) is 3.18. The fraction of sp³-hybridized carbons (Fsp3) is 0.211. The molecule has 0 bridgehead atoms. The van der Waals surface area contributed by atoms with Crippen LogP contribution in [-0.4, -0.2) is 24.2 Å². The predicted octanol–water partition coefficient (Wildman–Crippen LogP) is 3.88. The van der Waals surface area contributed by atoms with E-state index in [1.807, 2.05) is 30.5 Å². The molecule has 1 aromatic heterocycles. The number of ether oxygens (including phenoxy) is 3. The van der Waals surface area contributed by atoms with Gasteiger partial charge in [-0.25, -0.2) is 0 Å². The van der Waals surface area contributed by atoms with Gasteiger partial charge in [-0.3, -0.25) is 4.79 Å². The van der Waals surface area contributed by atoms with Crippen LogP contribution in [0.4, 0.5) is 0 Å². The normalized spacial score (nSPS) is 13.0. The van der Waals surface area contributed by atoms with Crippen molar-refractivity contribution in [2.24, 2.45) is 0 Å². The van der Waals surface area contributed by atoms with Crippen LogP contribution in [0.2, 0.25) is 5.02 Å². The highest BCUT2D eigenvalue weighted by atomic mass is 35.5. The highest BCUT2D eigenvalue weighted by molar-refractivity contribution is 6.32. The summed E-state index contributed by atoms with van der Waals surface area (Å²) in [5.41, 5.74) is 2.69. The van der Waals surface area contributed by atoms with Crippen LogP contribution in [-0.2, 0) is 22.6 Å². The summed E-state index contributed by atoms with van der Waals surface area (Å²) in [6.07, 6.45) is 2.05. The molecule has 0 spiro atoms. The minimum Gasteiger partial charge on any atom is -0.486 e. The van der Waals surface area contributed by atoms with Gasteiger partial charge in [0.2, 0.25) is 0 Å². The van der Waals surface area contributed by atoms with Gasteiger partial charge >= 0.3 is 5.97 Å². The van der Waals surface area contributed by atoms with Crippen LogP contribution in [0.25, 0.3) is 10.9 Å². The molecule has 0 fully saturated rings. The molecule has 0 aliphatic carbocycles. The van der Waals surface area contributed by atoms with Crippen LogP contribution in [0.1, 0.15) is 11.1 Å². The zero-order valence-electron chi connectivity index (χ0n) is 13.4. The molecule has 0 atom stereocenters. The van der Waals surface area contributed by atoms with Crippen molar-refractivity contribution in [1.82, 2.24) is 4.98 Å². The summed E-state index contributed by atoms with van der Waals surface area (Å²) in [7, 11) is 0. The van der Waals surface area contributed by atoms with Crippen molar-refractivity contribution in [1.29, 1.82) is 0 Å². The number of rotatable bonds is 4. The second-order valence-corrected chi connectivity index (χ2v) is 6.21. The molecule has 0 unspecified atom stereocenters. The van der Waals surface area contributed by atoms with Crippen LogP contribution in [0.15, 0.2) is 42.6 Å². The Hall–Kier alpha value is -2.66. The third-order valence-electron chi connectivity index (χ3n) is 4.07. The Morgan fingerprint density at radius 1 is 1.20 bits per heavy atom. The minimum absolute atomic E-state index is 0.136. The van der Waals surface area contributed by atoms with Crippen molar-refractivity contribution < 1.29 is 19.0 Å². The maximum atomic E-state index is 12.2. The molecule has 1 N–H and O–H groups in total. The molecule has 5 nitrogen and oxygen atoms in total. The standard InChI is InChI=1S/C19H16ClNO4/c20-15-7-12(8-17-19(15)24-6-5-23-17)11-25-18(22)9-13-10-21-16-4-2-1-3-14(13)16/h1-4,7-8,10,21H,5-6,9,11H2. The maximum absolute atomic E-state index is 12.2. The zero-order chi connectivity index (χ0) is 17.2. The van der Waals surface area contributed by atoms with Gasteiger partial charge in [0.25, 0.3) is 0 Å². The smallest absolute Gasteiger partial charge is 0.310 e. The molecule has 0 amide bonds. The molecule has 1 aliphatic rings. The largest absolute Gasteiger partial charge is 0.486 e. The van der Waals surface area contributed by atoms with Crippen molar-refractivity contribution in [3.8, 4) is 11.5 Å². The lowest BCUT2D eigenvalue weighted by atomic mass is 10.1. The molecular weight excluding hydrogens is 342 g/mol. The first-order chi connectivity index (χ1) is 12.2. The predicted molar refractivity (Wildman–Crippen MR) is 94.2 cm³/mol. The Balaban J connectivity index is 1.43. The van der Waals surface area contributed by atoms with Crippen molar-refractivity contribution >= 4 is 28.5 Å². The van der Waals surface area contributed by atoms with E-state index in [-0.39, 0.29) is 19.0 Å². The van der Waals surface area contributed by atoms with Crippen LogP contribution in [0.3, 0.4) is 0 Å². The summed E-state index contributed by atoms with van der Waals surface area (Å²) in [6.45, 7) is 1.09. The number of nitrogens with one attached hydrogen (secondary N) is 1. The van der Waals surface area contributed by atoms with E-state index in [2.05, 4.69) is 4.98 Å². The number of hydrogen-bond donors (Lipinski definition) is 1. The monoisotopic (exact) mass is 357 g/mol. The van der Waals surface area contributed by atoms with Gasteiger partial charge in [0.15, 0.2) is 11.5 Å². The van der Waals surface area contributed by atoms with Gasteiger partial charge in [-0.05, 0) is 29.3 Å². The van der Waals surface area contributed by atoms with Gasteiger partial charge < -0.3 is 19.2 Å². The molecule has 1 aliphatic heterocycles. The van der Waals surface area contributed by atoms with Gasteiger partial charge in [-0.1, -0.05) is 29.8 Å². The number of esters is 1. The van der Waals surface area contributed by atoms with E-state index >= 15 is 0 Å². The molecule has 25 heavy (non-hydrogen) atoms. The van der Waals surface area contributed by atoms with Crippen LogP contribution in [0, 0.1) is 0 Å². The van der Waals surface area contributed by atoms with Crippen molar-refractivity contribution in [2.45, 2.75) is 13.0 Å². The average Bonchev–Trinajstić information content (AvgIpc) is 3.03. The highest BCUT2D eigenvalue weighted by Gasteiger charge is 2.17. The maximum Gasteiger partial charge on any atom is 0.310 e. The van der Waals surface area contributed by atoms with Crippen LogP contribution in [0.5, 0.6) is 11.5 Å². The number of carbonyl (C=O) groups is 1. The number of para-hydroxylation sites is 1. The Labute approximate surface area is 149 Å². The van der Waals surface area contributed by atoms with E-state index in [1.165, 1.54) is 0 Å². The first-order valence-electron chi connectivity index (χ1n) is 7.99. The molecule has 6 heteroatoms. The van der Waals surface area contributed by atoms with Crippen molar-refractivity contribution in [3.63, 3.8) is 0 Å².